The van der Waals surface area contributed by atoms with Gasteiger partial charge < -0.3 is 10.1 Å². The fourth-order valence-corrected chi connectivity index (χ4v) is 5.49. The zero-order valence-corrected chi connectivity index (χ0v) is 21.0. The van der Waals surface area contributed by atoms with Crippen LogP contribution in [0.25, 0.3) is 0 Å². The quantitative estimate of drug-likeness (QED) is 0.469. The van der Waals surface area contributed by atoms with Crippen LogP contribution in [-0.4, -0.2) is 39.5 Å². The zero-order chi connectivity index (χ0) is 26.0. The van der Waals surface area contributed by atoms with Crippen molar-refractivity contribution in [3.05, 3.63) is 82.9 Å². The van der Waals surface area contributed by atoms with Crippen LogP contribution in [0, 0.1) is 6.92 Å². The Morgan fingerprint density at radius 2 is 1.72 bits per heavy atom. The van der Waals surface area contributed by atoms with E-state index in [2.05, 4.69) is 5.32 Å². The van der Waals surface area contributed by atoms with Crippen molar-refractivity contribution in [2.45, 2.75) is 18.7 Å². The molecule has 0 radical (unpaired) electrons. The molecule has 3 amide bonds. The summed E-state index contributed by atoms with van der Waals surface area (Å²) in [5, 5.41) is 2.90. The standard InChI is InChI=1S/C25H22ClN3O6S/c1-3-35-24(31)18-8-4-5-9-20(18)27-23(30)15-28-21-10-6-7-11-22(21)36(33,34)29(25(28)32)17-13-12-16(2)19(26)14-17/h4-14H,3,15H2,1-2H3,(H,27,30). The summed E-state index contributed by atoms with van der Waals surface area (Å²) < 4.78 is 32.5. The summed E-state index contributed by atoms with van der Waals surface area (Å²) in [7, 11) is -4.28. The second-order valence-electron chi connectivity index (χ2n) is 7.85. The molecule has 0 spiro atoms. The average Bonchev–Trinajstić information content (AvgIpc) is 2.84. The van der Waals surface area contributed by atoms with Gasteiger partial charge in [0.25, 0.3) is 10.0 Å². The van der Waals surface area contributed by atoms with Crippen molar-refractivity contribution in [2.24, 2.45) is 0 Å². The maximum absolute atomic E-state index is 13.5. The van der Waals surface area contributed by atoms with Crippen LogP contribution in [0.4, 0.5) is 21.9 Å². The van der Waals surface area contributed by atoms with Crippen LogP contribution in [0.15, 0.2) is 71.6 Å². The zero-order valence-electron chi connectivity index (χ0n) is 19.4. The molecule has 0 unspecified atom stereocenters. The van der Waals surface area contributed by atoms with E-state index in [9.17, 15) is 22.8 Å². The minimum absolute atomic E-state index is 0.0446. The topological polar surface area (TPSA) is 113 Å². The summed E-state index contributed by atoms with van der Waals surface area (Å²) in [6.45, 7) is 3.06. The molecule has 4 rings (SSSR count). The molecular formula is C25H22ClN3O6S. The Morgan fingerprint density at radius 3 is 2.44 bits per heavy atom. The molecular weight excluding hydrogens is 506 g/mol. The van der Waals surface area contributed by atoms with Crippen LogP contribution in [0.5, 0.6) is 0 Å². The number of esters is 1. The number of nitrogens with zero attached hydrogens (tertiary/aromatic N) is 2. The number of benzene rings is 3. The predicted molar refractivity (Wildman–Crippen MR) is 136 cm³/mol. The Morgan fingerprint density at radius 1 is 1.03 bits per heavy atom. The molecule has 186 valence electrons. The molecule has 0 atom stereocenters. The molecule has 0 saturated heterocycles. The number of anilines is 3. The van der Waals surface area contributed by atoms with Gasteiger partial charge in [-0.3, -0.25) is 9.69 Å². The highest BCUT2D eigenvalue weighted by Crippen LogP contribution is 2.38. The predicted octanol–water partition coefficient (Wildman–Crippen LogP) is 4.60. The van der Waals surface area contributed by atoms with Crippen molar-refractivity contribution in [2.75, 3.05) is 27.7 Å². The van der Waals surface area contributed by atoms with Crippen molar-refractivity contribution in [1.29, 1.82) is 0 Å². The highest BCUT2D eigenvalue weighted by molar-refractivity contribution is 7.94. The van der Waals surface area contributed by atoms with Gasteiger partial charge in [-0.15, -0.1) is 0 Å². The minimum Gasteiger partial charge on any atom is -0.462 e. The van der Waals surface area contributed by atoms with Crippen LogP contribution in [0.3, 0.4) is 0 Å². The maximum atomic E-state index is 13.5. The largest absolute Gasteiger partial charge is 0.462 e. The maximum Gasteiger partial charge on any atom is 0.343 e. The van der Waals surface area contributed by atoms with E-state index in [4.69, 9.17) is 16.3 Å². The molecule has 1 aliphatic heterocycles. The van der Waals surface area contributed by atoms with Crippen LogP contribution in [-0.2, 0) is 19.6 Å². The molecule has 0 aromatic heterocycles. The van der Waals surface area contributed by atoms with E-state index in [1.165, 1.54) is 42.5 Å². The number of sulfonamides is 1. The molecule has 0 aliphatic carbocycles. The average molecular weight is 528 g/mol. The Bertz CT molecular complexity index is 1470. The Kier molecular flexibility index (Phi) is 7.00. The van der Waals surface area contributed by atoms with Gasteiger partial charge in [-0.2, -0.15) is 4.31 Å². The highest BCUT2D eigenvalue weighted by Gasteiger charge is 2.43. The van der Waals surface area contributed by atoms with Crippen molar-refractivity contribution in [3.8, 4) is 0 Å². The summed E-state index contributed by atoms with van der Waals surface area (Å²) in [5.41, 5.74) is 1.16. The number of para-hydroxylation sites is 2. The number of halogens is 1. The summed E-state index contributed by atoms with van der Waals surface area (Å²) in [6.07, 6.45) is 0. The molecule has 9 nitrogen and oxygen atoms in total. The normalized spacial score (nSPS) is 14.2. The van der Waals surface area contributed by atoms with Crippen LogP contribution in [0.1, 0.15) is 22.8 Å². The lowest BCUT2D eigenvalue weighted by atomic mass is 10.1. The lowest BCUT2D eigenvalue weighted by Gasteiger charge is -2.36. The number of carbonyl (C=O) groups excluding carboxylic acids is 3. The number of ether oxygens (including phenoxy) is 1. The van der Waals surface area contributed by atoms with E-state index in [0.29, 0.717) is 9.87 Å². The lowest BCUT2D eigenvalue weighted by molar-refractivity contribution is -0.114. The number of urea groups is 1. The Balaban J connectivity index is 1.70. The summed E-state index contributed by atoms with van der Waals surface area (Å²) >= 11 is 6.20. The van der Waals surface area contributed by atoms with E-state index in [0.717, 1.165) is 4.90 Å². The number of amides is 3. The number of aryl methyl sites for hydroxylation is 1. The fourth-order valence-electron chi connectivity index (χ4n) is 3.73. The molecule has 36 heavy (non-hydrogen) atoms. The third-order valence-corrected chi connectivity index (χ3v) is 7.62. The highest BCUT2D eigenvalue weighted by atomic mass is 35.5. The van der Waals surface area contributed by atoms with Gasteiger partial charge in [0, 0.05) is 5.02 Å². The first-order valence-electron chi connectivity index (χ1n) is 10.9. The molecule has 0 fully saturated rings. The van der Waals surface area contributed by atoms with E-state index in [1.54, 1.807) is 38.1 Å². The second kappa shape index (κ2) is 10.00. The number of rotatable bonds is 6. The van der Waals surface area contributed by atoms with Gasteiger partial charge in [0.1, 0.15) is 11.4 Å². The third-order valence-electron chi connectivity index (χ3n) is 5.47. The van der Waals surface area contributed by atoms with Gasteiger partial charge >= 0.3 is 12.0 Å². The molecule has 3 aromatic carbocycles. The van der Waals surface area contributed by atoms with Crippen molar-refractivity contribution in [1.82, 2.24) is 0 Å². The van der Waals surface area contributed by atoms with Crippen molar-refractivity contribution < 1.29 is 27.5 Å². The summed E-state index contributed by atoms with van der Waals surface area (Å²) in [5.74, 6) is -1.25. The second-order valence-corrected chi connectivity index (χ2v) is 10.0. The van der Waals surface area contributed by atoms with Crippen LogP contribution < -0.4 is 14.5 Å². The minimum atomic E-state index is -4.28. The molecule has 1 N–H and O–H groups in total. The van der Waals surface area contributed by atoms with Crippen LogP contribution >= 0.6 is 11.6 Å². The van der Waals surface area contributed by atoms with Gasteiger partial charge in [-0.1, -0.05) is 41.9 Å². The molecule has 1 heterocycles. The Labute approximate surface area is 213 Å². The monoisotopic (exact) mass is 527 g/mol. The van der Waals surface area contributed by atoms with Gasteiger partial charge in [0.2, 0.25) is 5.91 Å². The number of carbonyl (C=O) groups is 3. The van der Waals surface area contributed by atoms with Crippen molar-refractivity contribution >= 4 is 56.6 Å². The number of hydrogen-bond acceptors (Lipinski definition) is 6. The molecule has 0 bridgehead atoms. The molecule has 3 aromatic rings. The molecule has 1 aliphatic rings. The summed E-state index contributed by atoms with van der Waals surface area (Å²) in [4.78, 5) is 39.7. The van der Waals surface area contributed by atoms with Gasteiger partial charge in [-0.05, 0) is 55.8 Å². The number of fused-ring (bicyclic) bond motifs is 1. The smallest absolute Gasteiger partial charge is 0.343 e. The van der Waals surface area contributed by atoms with Gasteiger partial charge in [-0.25, -0.2) is 18.0 Å². The van der Waals surface area contributed by atoms with Crippen LogP contribution in [0.2, 0.25) is 5.02 Å². The Hall–Kier alpha value is -3.89. The molecule has 11 heteroatoms. The van der Waals surface area contributed by atoms with E-state index in [-0.39, 0.29) is 39.2 Å². The van der Waals surface area contributed by atoms with E-state index >= 15 is 0 Å². The first-order chi connectivity index (χ1) is 17.1. The number of nitrogens with one attached hydrogen (secondary N) is 1. The summed E-state index contributed by atoms with van der Waals surface area (Å²) in [6, 6.07) is 15.7. The van der Waals surface area contributed by atoms with E-state index in [1.807, 2.05) is 0 Å². The lowest BCUT2D eigenvalue weighted by Crippen LogP contribution is -2.53. The third kappa shape index (κ3) is 4.65. The number of hydrogen-bond donors (Lipinski definition) is 1. The van der Waals surface area contributed by atoms with Gasteiger partial charge in [0.05, 0.1) is 29.2 Å². The SMILES string of the molecule is CCOC(=O)c1ccccc1NC(=O)CN1C(=O)N(c2ccc(C)c(Cl)c2)S(=O)(=O)c2ccccc21. The molecule has 0 saturated carbocycles. The van der Waals surface area contributed by atoms with Gasteiger partial charge in [0.15, 0.2) is 0 Å². The van der Waals surface area contributed by atoms with Crippen molar-refractivity contribution in [3.63, 3.8) is 0 Å². The fraction of sp³-hybridized carbons (Fsp3) is 0.160. The first-order valence-corrected chi connectivity index (χ1v) is 12.7. The first kappa shape index (κ1) is 25.2. The van der Waals surface area contributed by atoms with E-state index < -0.39 is 34.5 Å².